The van der Waals surface area contributed by atoms with Crippen molar-refractivity contribution >= 4 is 17.9 Å². The molecule has 0 aliphatic rings. The van der Waals surface area contributed by atoms with E-state index in [-0.39, 0.29) is 32.7 Å². The second-order valence-electron chi connectivity index (χ2n) is 16.7. The zero-order valence-corrected chi connectivity index (χ0v) is 41.1. The lowest BCUT2D eigenvalue weighted by molar-refractivity contribution is -0.870. The number of carbonyl (C=O) groups excluding carboxylic acids is 2. The zero-order valence-electron chi connectivity index (χ0n) is 41.1. The molecule has 2 atom stereocenters. The number of unbranched alkanes of at least 4 members (excludes halogenated alkanes) is 5. The van der Waals surface area contributed by atoms with E-state index >= 15 is 0 Å². The molecule has 0 amide bonds. The first kappa shape index (κ1) is 60.4. The molecule has 0 aromatic heterocycles. The molecule has 0 radical (unpaired) electrons. The Bertz CT molecular complexity index is 1520. The largest absolute Gasteiger partial charge is 0.477 e. The van der Waals surface area contributed by atoms with Crippen molar-refractivity contribution in [2.24, 2.45) is 0 Å². The van der Waals surface area contributed by atoms with Crippen molar-refractivity contribution in [3.63, 3.8) is 0 Å². The van der Waals surface area contributed by atoms with E-state index in [1.807, 2.05) is 21.1 Å². The summed E-state index contributed by atoms with van der Waals surface area (Å²) in [4.78, 5) is 37.2. The van der Waals surface area contributed by atoms with Crippen molar-refractivity contribution in [1.29, 1.82) is 0 Å². The molecule has 0 heterocycles. The number of esters is 2. The van der Waals surface area contributed by atoms with Crippen LogP contribution in [0.2, 0.25) is 0 Å². The fraction of sp³-hybridized carbons (Fsp3) is 0.554. The number of rotatable bonds is 42. The Morgan fingerprint density at radius 2 is 0.831 bits per heavy atom. The molecule has 0 bridgehead atoms. The number of hydrogen-bond acceptors (Lipinski definition) is 7. The van der Waals surface area contributed by atoms with Crippen LogP contribution in [0.5, 0.6) is 0 Å². The number of carbonyl (C=O) groups is 3. The molecule has 9 heteroatoms. The molecule has 9 nitrogen and oxygen atoms in total. The summed E-state index contributed by atoms with van der Waals surface area (Å²) in [5.41, 5.74) is 0. The van der Waals surface area contributed by atoms with Crippen LogP contribution in [-0.2, 0) is 33.3 Å². The Balaban J connectivity index is 4.50. The molecule has 0 fully saturated rings. The van der Waals surface area contributed by atoms with Gasteiger partial charge in [0.05, 0.1) is 34.4 Å². The van der Waals surface area contributed by atoms with Crippen LogP contribution in [0.4, 0.5) is 0 Å². The van der Waals surface area contributed by atoms with Crippen LogP contribution < -0.4 is 0 Å². The molecular weight excluding hydrogens is 815 g/mol. The lowest BCUT2D eigenvalue weighted by Gasteiger charge is -2.25. The molecule has 1 N–H and O–H groups in total. The van der Waals surface area contributed by atoms with Gasteiger partial charge in [0.15, 0.2) is 6.10 Å². The van der Waals surface area contributed by atoms with Crippen molar-refractivity contribution in [2.45, 2.75) is 155 Å². The smallest absolute Gasteiger partial charge is 0.361 e. The van der Waals surface area contributed by atoms with Gasteiger partial charge in [0, 0.05) is 12.8 Å². The highest BCUT2D eigenvalue weighted by Crippen LogP contribution is 2.10. The minimum atomic E-state index is -1.54. The predicted octanol–water partition coefficient (Wildman–Crippen LogP) is 13.6. The van der Waals surface area contributed by atoms with E-state index in [9.17, 15) is 19.5 Å². The standard InChI is InChI=1S/C56H87NO8/c1-6-8-10-12-14-16-18-20-21-22-23-24-25-26-27-28-29-30-31-32-33-35-37-39-41-43-45-47-54(59)65-52(51-64-56(55(60)61)62-49-48-57(3,4)5)50-63-53(58)46-44-42-40-38-36-34-19-17-15-13-11-9-7-2/h8-11,14-17,20-21,23-24,26-27,29-30,32-34,36-37,39,52,56H,6-7,12-13,18-19,22,25,28,31,35,38,40-51H2,1-5H3/p+1/b10-8-,11-9-,16-14-,17-15-,21-20-,24-23-,27-26-,30-29-,33-32-,36-34-,39-37-. The maximum atomic E-state index is 12.8. The Morgan fingerprint density at radius 1 is 0.462 bits per heavy atom. The van der Waals surface area contributed by atoms with Gasteiger partial charge in [-0.3, -0.25) is 9.59 Å². The first-order valence-electron chi connectivity index (χ1n) is 24.3. The van der Waals surface area contributed by atoms with Gasteiger partial charge < -0.3 is 28.5 Å². The molecular formula is C56H88NO8+. The maximum absolute atomic E-state index is 12.8. The van der Waals surface area contributed by atoms with E-state index in [1.165, 1.54) is 0 Å². The number of hydrogen-bond donors (Lipinski definition) is 1. The van der Waals surface area contributed by atoms with Gasteiger partial charge >= 0.3 is 17.9 Å². The number of quaternary nitrogens is 1. The average molecular weight is 903 g/mol. The van der Waals surface area contributed by atoms with Gasteiger partial charge in [-0.1, -0.05) is 154 Å². The Labute approximate surface area is 395 Å². The lowest BCUT2D eigenvalue weighted by atomic mass is 10.1. The van der Waals surface area contributed by atoms with E-state index in [4.69, 9.17) is 18.9 Å². The van der Waals surface area contributed by atoms with Crippen LogP contribution >= 0.6 is 0 Å². The summed E-state index contributed by atoms with van der Waals surface area (Å²) in [6, 6.07) is 0. The minimum absolute atomic E-state index is 0.165. The predicted molar refractivity (Wildman–Crippen MR) is 271 cm³/mol. The summed E-state index contributed by atoms with van der Waals surface area (Å²) in [6.07, 6.45) is 62.4. The number of nitrogens with zero attached hydrogens (tertiary/aromatic N) is 1. The quantitative estimate of drug-likeness (QED) is 0.0212. The summed E-state index contributed by atoms with van der Waals surface area (Å²) in [7, 11) is 5.92. The number of allylic oxidation sites excluding steroid dienone is 22. The van der Waals surface area contributed by atoms with Crippen LogP contribution in [0, 0.1) is 0 Å². The SMILES string of the molecule is CC/C=C\C/C=C\C/C=C\C/C=C\C/C=C\C/C=C\C/C=C\C/C=C\CCCCC(=O)OC(COC(=O)CCCCC/C=C\C/C=C\C/C=C\CC)COC(OCC[N+](C)(C)C)C(=O)O. The number of carboxylic acids is 1. The highest BCUT2D eigenvalue weighted by Gasteiger charge is 2.25. The Morgan fingerprint density at radius 3 is 1.23 bits per heavy atom. The molecule has 0 aliphatic heterocycles. The molecule has 65 heavy (non-hydrogen) atoms. The normalized spacial score (nSPS) is 14.0. The second-order valence-corrected chi connectivity index (χ2v) is 16.7. The van der Waals surface area contributed by atoms with Crippen LogP contribution in [0.15, 0.2) is 134 Å². The molecule has 2 unspecified atom stereocenters. The van der Waals surface area contributed by atoms with Gasteiger partial charge in [0.2, 0.25) is 0 Å². The first-order valence-corrected chi connectivity index (χ1v) is 24.3. The lowest BCUT2D eigenvalue weighted by Crippen LogP contribution is -2.40. The van der Waals surface area contributed by atoms with Crippen molar-refractivity contribution in [3.8, 4) is 0 Å². The van der Waals surface area contributed by atoms with Gasteiger partial charge in [-0.2, -0.15) is 0 Å². The highest BCUT2D eigenvalue weighted by molar-refractivity contribution is 5.71. The molecule has 0 aromatic carbocycles. The third-order valence-electron chi connectivity index (χ3n) is 9.40. The van der Waals surface area contributed by atoms with E-state index in [2.05, 4.69) is 148 Å². The summed E-state index contributed by atoms with van der Waals surface area (Å²) < 4.78 is 22.6. The van der Waals surface area contributed by atoms with Crippen LogP contribution in [0.1, 0.15) is 142 Å². The minimum Gasteiger partial charge on any atom is -0.477 e. The van der Waals surface area contributed by atoms with Gasteiger partial charge in [-0.05, 0) is 109 Å². The van der Waals surface area contributed by atoms with Crippen molar-refractivity contribution in [1.82, 2.24) is 0 Å². The van der Waals surface area contributed by atoms with Crippen molar-refractivity contribution in [2.75, 3.05) is 47.5 Å². The van der Waals surface area contributed by atoms with E-state index in [1.54, 1.807) is 0 Å². The maximum Gasteiger partial charge on any atom is 0.361 e. The van der Waals surface area contributed by atoms with Gasteiger partial charge in [-0.15, -0.1) is 0 Å². The fourth-order valence-electron chi connectivity index (χ4n) is 5.69. The summed E-state index contributed by atoms with van der Waals surface area (Å²) >= 11 is 0. The Hall–Kier alpha value is -4.57. The molecule has 0 aromatic rings. The molecule has 364 valence electrons. The number of likely N-dealkylation sites (N-methyl/N-ethyl adjacent to an activating group) is 1. The van der Waals surface area contributed by atoms with Crippen LogP contribution in [0.3, 0.4) is 0 Å². The van der Waals surface area contributed by atoms with Crippen molar-refractivity contribution < 1.29 is 42.9 Å². The fourth-order valence-corrected chi connectivity index (χ4v) is 5.69. The van der Waals surface area contributed by atoms with Crippen LogP contribution in [0.25, 0.3) is 0 Å². The second kappa shape index (κ2) is 46.0. The highest BCUT2D eigenvalue weighted by atomic mass is 16.7. The van der Waals surface area contributed by atoms with Gasteiger partial charge in [0.1, 0.15) is 13.2 Å². The molecule has 0 rings (SSSR count). The van der Waals surface area contributed by atoms with E-state index in [0.29, 0.717) is 23.9 Å². The summed E-state index contributed by atoms with van der Waals surface area (Å²) in [5, 5.41) is 9.65. The summed E-state index contributed by atoms with van der Waals surface area (Å²) in [6.45, 7) is 4.51. The number of aliphatic carboxylic acids is 1. The zero-order chi connectivity index (χ0) is 47.7. The molecule has 0 aliphatic carbocycles. The Kier molecular flexibility index (Phi) is 42.7. The first-order chi connectivity index (χ1) is 31.6. The van der Waals surface area contributed by atoms with Gasteiger partial charge in [-0.25, -0.2) is 4.79 Å². The third kappa shape index (κ3) is 47.2. The molecule has 0 spiro atoms. The van der Waals surface area contributed by atoms with Gasteiger partial charge in [0.25, 0.3) is 6.29 Å². The van der Waals surface area contributed by atoms with Crippen molar-refractivity contribution in [3.05, 3.63) is 134 Å². The van der Waals surface area contributed by atoms with E-state index in [0.717, 1.165) is 103 Å². The third-order valence-corrected chi connectivity index (χ3v) is 9.40. The number of ether oxygens (including phenoxy) is 4. The molecule has 0 saturated carbocycles. The van der Waals surface area contributed by atoms with E-state index < -0.39 is 30.3 Å². The number of carboxylic acid groups (broad SMARTS) is 1. The monoisotopic (exact) mass is 903 g/mol. The average Bonchev–Trinajstić information content (AvgIpc) is 3.27. The topological polar surface area (TPSA) is 108 Å². The summed E-state index contributed by atoms with van der Waals surface area (Å²) in [5.74, 6) is -2.13. The molecule has 0 saturated heterocycles. The van der Waals surface area contributed by atoms with Crippen LogP contribution in [-0.4, -0.2) is 87.4 Å².